The second-order valence-corrected chi connectivity index (χ2v) is 15.7. The molecular weight excluding hydrogens is 713 g/mol. The maximum absolute atomic E-state index is 5.26. The monoisotopic (exact) mass is 744 g/mol. The Hall–Kier alpha value is -7.34. The van der Waals surface area contributed by atoms with Crippen molar-refractivity contribution in [3.05, 3.63) is 194 Å². The average molecular weight is 745 g/mol. The van der Waals surface area contributed by atoms with E-state index >= 15 is 0 Å². The van der Waals surface area contributed by atoms with Crippen molar-refractivity contribution in [1.82, 2.24) is 19.1 Å². The fourth-order valence-electron chi connectivity index (χ4n) is 8.80. The van der Waals surface area contributed by atoms with E-state index in [2.05, 4.69) is 191 Å². The van der Waals surface area contributed by atoms with Crippen LogP contribution in [0, 0.1) is 0 Å². The molecule has 8 aromatic carbocycles. The highest BCUT2D eigenvalue weighted by atomic mass is 32.1. The van der Waals surface area contributed by atoms with Gasteiger partial charge < -0.3 is 4.57 Å². The Kier molecular flexibility index (Phi) is 7.06. The van der Waals surface area contributed by atoms with Crippen molar-refractivity contribution < 1.29 is 0 Å². The Bertz CT molecular complexity index is 3460. The second kappa shape index (κ2) is 12.6. The van der Waals surface area contributed by atoms with Crippen LogP contribution in [0.3, 0.4) is 0 Å². The van der Waals surface area contributed by atoms with Gasteiger partial charge in [-0.3, -0.25) is 4.57 Å². The molecule has 0 aliphatic carbocycles. The molecule has 57 heavy (non-hydrogen) atoms. The molecule has 4 heterocycles. The molecule has 0 fully saturated rings. The molecule has 0 amide bonds. The number of hydrogen-bond acceptors (Lipinski definition) is 3. The normalized spacial score (nSPS) is 11.9. The number of thiophene rings is 1. The van der Waals surface area contributed by atoms with Gasteiger partial charge in [-0.1, -0.05) is 133 Å². The SMILES string of the molecule is c1ccc(-c2cc(-c3ccccc3)nc(-n3c4ccccc4c4c(-c5ccc6c(c5)c5ccccc5n6-c5ccc6sc7ccccc7c6c5)cccc43)n2)cc1. The lowest BCUT2D eigenvalue weighted by atomic mass is 9.98. The maximum Gasteiger partial charge on any atom is 0.235 e. The predicted octanol–water partition coefficient (Wildman–Crippen LogP) is 14.0. The van der Waals surface area contributed by atoms with Gasteiger partial charge in [0.2, 0.25) is 5.95 Å². The molecule has 0 saturated carbocycles. The van der Waals surface area contributed by atoms with Gasteiger partial charge in [0, 0.05) is 58.5 Å². The van der Waals surface area contributed by atoms with Crippen LogP contribution < -0.4 is 0 Å². The quantitative estimate of drug-likeness (QED) is 0.176. The van der Waals surface area contributed by atoms with Gasteiger partial charge >= 0.3 is 0 Å². The first-order valence-electron chi connectivity index (χ1n) is 19.2. The summed E-state index contributed by atoms with van der Waals surface area (Å²) in [5, 5.41) is 7.41. The molecule has 0 N–H and O–H groups in total. The summed E-state index contributed by atoms with van der Waals surface area (Å²) in [4.78, 5) is 10.5. The van der Waals surface area contributed by atoms with Crippen LogP contribution in [-0.4, -0.2) is 19.1 Å². The smallest absolute Gasteiger partial charge is 0.235 e. The van der Waals surface area contributed by atoms with Gasteiger partial charge in [0.25, 0.3) is 0 Å². The van der Waals surface area contributed by atoms with Gasteiger partial charge in [0.1, 0.15) is 0 Å². The molecule has 0 unspecified atom stereocenters. The minimum Gasteiger partial charge on any atom is -0.309 e. The van der Waals surface area contributed by atoms with Crippen molar-refractivity contribution in [2.24, 2.45) is 0 Å². The molecule has 0 atom stereocenters. The largest absolute Gasteiger partial charge is 0.309 e. The molecule has 4 aromatic heterocycles. The summed E-state index contributed by atoms with van der Waals surface area (Å²) in [5.41, 5.74) is 11.9. The number of para-hydroxylation sites is 2. The molecule has 266 valence electrons. The molecule has 0 spiro atoms. The summed E-state index contributed by atoms with van der Waals surface area (Å²) >= 11 is 1.86. The Labute approximate surface area is 332 Å². The van der Waals surface area contributed by atoms with Crippen molar-refractivity contribution in [2.45, 2.75) is 0 Å². The maximum atomic E-state index is 5.26. The zero-order valence-corrected chi connectivity index (χ0v) is 31.5. The Morgan fingerprint density at radius 3 is 1.70 bits per heavy atom. The number of benzene rings is 8. The van der Waals surface area contributed by atoms with Gasteiger partial charge in [0.15, 0.2) is 0 Å². The van der Waals surface area contributed by atoms with Crippen molar-refractivity contribution >= 4 is 75.1 Å². The van der Waals surface area contributed by atoms with Gasteiger partial charge in [-0.25, -0.2) is 9.97 Å². The van der Waals surface area contributed by atoms with Crippen LogP contribution in [0.2, 0.25) is 0 Å². The van der Waals surface area contributed by atoms with Crippen molar-refractivity contribution in [1.29, 1.82) is 0 Å². The number of rotatable bonds is 5. The third kappa shape index (κ3) is 4.99. The third-order valence-electron chi connectivity index (χ3n) is 11.4. The standard InChI is InChI=1S/C52H32N4S/c1-3-14-33(15-4-1)43-32-44(34-16-5-2-6-17-34)54-52(53-43)56-46-23-11-8-20-40(46)51-37(21-13-24-48(51)56)35-26-28-47-41(30-35)38-18-7-10-22-45(38)55(47)36-27-29-50-42(31-36)39-19-9-12-25-49(39)57-50/h1-32H. The number of fused-ring (bicyclic) bond motifs is 9. The molecule has 4 nitrogen and oxygen atoms in total. The van der Waals surface area contributed by atoms with Crippen LogP contribution in [0.25, 0.3) is 109 Å². The van der Waals surface area contributed by atoms with E-state index in [9.17, 15) is 0 Å². The lowest BCUT2D eigenvalue weighted by Crippen LogP contribution is -2.04. The number of aromatic nitrogens is 4. The first kappa shape index (κ1) is 32.0. The van der Waals surface area contributed by atoms with Gasteiger partial charge in [-0.15, -0.1) is 11.3 Å². The predicted molar refractivity (Wildman–Crippen MR) is 240 cm³/mol. The van der Waals surface area contributed by atoms with E-state index < -0.39 is 0 Å². The fourth-order valence-corrected chi connectivity index (χ4v) is 9.88. The molecule has 0 saturated heterocycles. The molecule has 12 aromatic rings. The van der Waals surface area contributed by atoms with E-state index in [-0.39, 0.29) is 0 Å². The molecule has 0 aliphatic heterocycles. The van der Waals surface area contributed by atoms with E-state index in [1.54, 1.807) is 0 Å². The lowest BCUT2D eigenvalue weighted by Gasteiger charge is -2.12. The summed E-state index contributed by atoms with van der Waals surface area (Å²) in [5.74, 6) is 0.646. The Morgan fingerprint density at radius 1 is 0.351 bits per heavy atom. The highest BCUT2D eigenvalue weighted by Gasteiger charge is 2.21. The van der Waals surface area contributed by atoms with Crippen LogP contribution in [0.15, 0.2) is 194 Å². The van der Waals surface area contributed by atoms with Crippen LogP contribution in [0.4, 0.5) is 0 Å². The number of hydrogen-bond donors (Lipinski definition) is 0. The van der Waals surface area contributed by atoms with Crippen LogP contribution in [0.5, 0.6) is 0 Å². The molecule has 0 radical (unpaired) electrons. The van der Waals surface area contributed by atoms with Gasteiger partial charge in [-0.2, -0.15) is 0 Å². The first-order chi connectivity index (χ1) is 28.3. The summed E-state index contributed by atoms with van der Waals surface area (Å²) in [6.07, 6.45) is 0. The number of nitrogens with zero attached hydrogens (tertiary/aromatic N) is 4. The zero-order valence-electron chi connectivity index (χ0n) is 30.7. The minimum absolute atomic E-state index is 0.646. The van der Waals surface area contributed by atoms with E-state index in [0.29, 0.717) is 5.95 Å². The average Bonchev–Trinajstić information content (AvgIpc) is 3.94. The summed E-state index contributed by atoms with van der Waals surface area (Å²) in [6.45, 7) is 0. The summed E-state index contributed by atoms with van der Waals surface area (Å²) in [6, 6.07) is 69.5. The van der Waals surface area contributed by atoms with E-state index in [1.165, 1.54) is 64.2 Å². The lowest BCUT2D eigenvalue weighted by molar-refractivity contribution is 0.995. The van der Waals surface area contributed by atoms with Crippen LogP contribution >= 0.6 is 11.3 Å². The zero-order chi connectivity index (χ0) is 37.5. The van der Waals surface area contributed by atoms with Crippen molar-refractivity contribution in [2.75, 3.05) is 0 Å². The highest BCUT2D eigenvalue weighted by molar-refractivity contribution is 7.25. The molecule has 5 heteroatoms. The van der Waals surface area contributed by atoms with Crippen molar-refractivity contribution in [3.8, 4) is 45.3 Å². The van der Waals surface area contributed by atoms with Crippen LogP contribution in [-0.2, 0) is 0 Å². The molecular formula is C52H32N4S. The minimum atomic E-state index is 0.646. The van der Waals surface area contributed by atoms with Crippen molar-refractivity contribution in [3.63, 3.8) is 0 Å². The van der Waals surface area contributed by atoms with E-state index in [4.69, 9.17) is 9.97 Å². The first-order valence-corrected chi connectivity index (χ1v) is 20.1. The molecule has 12 rings (SSSR count). The van der Waals surface area contributed by atoms with Gasteiger partial charge in [0.05, 0.1) is 33.5 Å². The summed E-state index contributed by atoms with van der Waals surface area (Å²) < 4.78 is 7.29. The third-order valence-corrected chi connectivity index (χ3v) is 12.5. The fraction of sp³-hybridized carbons (Fsp3) is 0. The Morgan fingerprint density at radius 2 is 0.947 bits per heavy atom. The van der Waals surface area contributed by atoms with E-state index in [1.807, 2.05) is 23.5 Å². The molecule has 0 aliphatic rings. The van der Waals surface area contributed by atoms with Crippen LogP contribution in [0.1, 0.15) is 0 Å². The van der Waals surface area contributed by atoms with Gasteiger partial charge in [-0.05, 0) is 71.8 Å². The molecule has 0 bridgehead atoms. The summed E-state index contributed by atoms with van der Waals surface area (Å²) in [7, 11) is 0. The topological polar surface area (TPSA) is 35.6 Å². The Balaban J connectivity index is 1.08. The highest BCUT2D eigenvalue weighted by Crippen LogP contribution is 2.42. The van der Waals surface area contributed by atoms with E-state index in [0.717, 1.165) is 38.9 Å². The second-order valence-electron chi connectivity index (χ2n) is 14.6.